The molecule has 4 nitrogen and oxygen atoms in total. The van der Waals surface area contributed by atoms with Gasteiger partial charge in [0, 0.05) is 30.0 Å². The van der Waals surface area contributed by atoms with Crippen molar-refractivity contribution >= 4 is 22.4 Å². The molecule has 0 N–H and O–H groups in total. The van der Waals surface area contributed by atoms with Crippen molar-refractivity contribution < 1.29 is 4.74 Å². The lowest BCUT2D eigenvalue weighted by molar-refractivity contribution is 0.0756. The van der Waals surface area contributed by atoms with E-state index in [9.17, 15) is 4.79 Å². The van der Waals surface area contributed by atoms with Crippen molar-refractivity contribution in [3.8, 4) is 11.1 Å². The molecule has 3 aromatic rings. The zero-order valence-corrected chi connectivity index (χ0v) is 13.6. The first-order valence-electron chi connectivity index (χ1n) is 7.52. The maximum Gasteiger partial charge on any atom is 0.261 e. The molecule has 3 rings (SSSR count). The largest absolute Gasteiger partial charge is 0.361 e. The molecule has 0 fully saturated rings. The SMILES string of the molecule is CCCOCn1cc(-c2ccccc2)c2cc(Cl)ncc2c1=O. The Kier molecular flexibility index (Phi) is 4.74. The molecule has 5 heteroatoms. The Morgan fingerprint density at radius 3 is 2.74 bits per heavy atom. The van der Waals surface area contributed by atoms with E-state index in [1.165, 1.54) is 6.20 Å². The maximum absolute atomic E-state index is 12.6. The van der Waals surface area contributed by atoms with Crippen LogP contribution in [-0.2, 0) is 11.5 Å². The van der Waals surface area contributed by atoms with Gasteiger partial charge in [-0.2, -0.15) is 0 Å². The van der Waals surface area contributed by atoms with Gasteiger partial charge >= 0.3 is 0 Å². The van der Waals surface area contributed by atoms with Crippen LogP contribution in [0.3, 0.4) is 0 Å². The molecule has 0 aliphatic carbocycles. The summed E-state index contributed by atoms with van der Waals surface area (Å²) >= 11 is 6.03. The minimum atomic E-state index is -0.125. The van der Waals surface area contributed by atoms with Gasteiger partial charge in [0.25, 0.3) is 5.56 Å². The van der Waals surface area contributed by atoms with Crippen molar-refractivity contribution in [2.45, 2.75) is 20.1 Å². The van der Waals surface area contributed by atoms with Crippen molar-refractivity contribution in [2.75, 3.05) is 6.61 Å². The third-order valence-electron chi connectivity index (χ3n) is 3.60. The highest BCUT2D eigenvalue weighted by atomic mass is 35.5. The van der Waals surface area contributed by atoms with Crippen LogP contribution in [0.5, 0.6) is 0 Å². The molecule has 0 radical (unpaired) electrons. The monoisotopic (exact) mass is 328 g/mol. The van der Waals surface area contributed by atoms with Crippen LogP contribution in [0.2, 0.25) is 5.15 Å². The topological polar surface area (TPSA) is 44.1 Å². The highest BCUT2D eigenvalue weighted by Crippen LogP contribution is 2.27. The van der Waals surface area contributed by atoms with E-state index < -0.39 is 0 Å². The van der Waals surface area contributed by atoms with Crippen molar-refractivity contribution in [1.82, 2.24) is 9.55 Å². The second-order valence-corrected chi connectivity index (χ2v) is 5.66. The quantitative estimate of drug-likeness (QED) is 0.523. The number of benzene rings is 1. The minimum absolute atomic E-state index is 0.125. The summed E-state index contributed by atoms with van der Waals surface area (Å²) in [6.07, 6.45) is 4.26. The molecule has 0 bridgehead atoms. The second kappa shape index (κ2) is 6.94. The van der Waals surface area contributed by atoms with Gasteiger partial charge in [0.05, 0.1) is 5.39 Å². The Labute approximate surface area is 139 Å². The van der Waals surface area contributed by atoms with Gasteiger partial charge in [-0.25, -0.2) is 4.98 Å². The highest BCUT2D eigenvalue weighted by Gasteiger charge is 2.11. The van der Waals surface area contributed by atoms with E-state index in [0.29, 0.717) is 17.1 Å². The molecule has 1 aromatic carbocycles. The summed E-state index contributed by atoms with van der Waals surface area (Å²) in [5, 5.41) is 1.71. The summed E-state index contributed by atoms with van der Waals surface area (Å²) in [5.41, 5.74) is 1.83. The lowest BCUT2D eigenvalue weighted by atomic mass is 10.0. The first-order chi connectivity index (χ1) is 11.2. The molecule has 118 valence electrons. The second-order valence-electron chi connectivity index (χ2n) is 5.27. The molecule has 0 saturated heterocycles. The fourth-order valence-corrected chi connectivity index (χ4v) is 2.67. The molecular formula is C18H17ClN2O2. The van der Waals surface area contributed by atoms with Crippen molar-refractivity contribution in [2.24, 2.45) is 0 Å². The summed E-state index contributed by atoms with van der Waals surface area (Å²) < 4.78 is 7.11. The predicted octanol–water partition coefficient (Wildman–Crippen LogP) is 4.10. The highest BCUT2D eigenvalue weighted by molar-refractivity contribution is 6.30. The van der Waals surface area contributed by atoms with Gasteiger partial charge in [-0.15, -0.1) is 0 Å². The van der Waals surface area contributed by atoms with Gasteiger partial charge in [0.15, 0.2) is 0 Å². The smallest absolute Gasteiger partial charge is 0.261 e. The predicted molar refractivity (Wildman–Crippen MR) is 92.7 cm³/mol. The number of halogens is 1. The van der Waals surface area contributed by atoms with E-state index in [1.807, 2.05) is 43.5 Å². The number of rotatable bonds is 5. The van der Waals surface area contributed by atoms with Gasteiger partial charge in [-0.1, -0.05) is 48.9 Å². The molecule has 0 unspecified atom stereocenters. The van der Waals surface area contributed by atoms with Crippen LogP contribution in [0, 0.1) is 0 Å². The zero-order valence-electron chi connectivity index (χ0n) is 12.8. The Morgan fingerprint density at radius 2 is 2.00 bits per heavy atom. The van der Waals surface area contributed by atoms with Crippen LogP contribution in [0.25, 0.3) is 21.9 Å². The van der Waals surface area contributed by atoms with E-state index in [4.69, 9.17) is 16.3 Å². The van der Waals surface area contributed by atoms with Gasteiger partial charge in [-0.3, -0.25) is 9.36 Å². The Hall–Kier alpha value is -2.17. The average Bonchev–Trinajstić information content (AvgIpc) is 2.58. The van der Waals surface area contributed by atoms with Crippen LogP contribution in [-0.4, -0.2) is 16.2 Å². The molecular weight excluding hydrogens is 312 g/mol. The maximum atomic E-state index is 12.6. The number of hydrogen-bond acceptors (Lipinski definition) is 3. The van der Waals surface area contributed by atoms with Crippen molar-refractivity contribution in [1.29, 1.82) is 0 Å². The molecule has 0 saturated carbocycles. The van der Waals surface area contributed by atoms with Crippen molar-refractivity contribution in [3.05, 3.63) is 64.3 Å². The van der Waals surface area contributed by atoms with Gasteiger partial charge in [-0.05, 0) is 18.1 Å². The molecule has 0 aliphatic heterocycles. The van der Waals surface area contributed by atoms with E-state index in [2.05, 4.69) is 4.98 Å². The normalized spacial score (nSPS) is 11.0. The van der Waals surface area contributed by atoms with Crippen LogP contribution in [0.1, 0.15) is 13.3 Å². The summed E-state index contributed by atoms with van der Waals surface area (Å²) in [6, 6.07) is 11.6. The number of fused-ring (bicyclic) bond motifs is 1. The number of aromatic nitrogens is 2. The molecule has 0 aliphatic rings. The van der Waals surface area contributed by atoms with Crippen LogP contribution in [0.15, 0.2) is 53.6 Å². The van der Waals surface area contributed by atoms with Crippen LogP contribution < -0.4 is 5.56 Å². The fraction of sp³-hybridized carbons (Fsp3) is 0.222. The Bertz CT molecular complexity index is 875. The molecule has 0 spiro atoms. The summed E-state index contributed by atoms with van der Waals surface area (Å²) in [5.74, 6) is 0. The van der Waals surface area contributed by atoms with E-state index in [-0.39, 0.29) is 12.3 Å². The minimum Gasteiger partial charge on any atom is -0.361 e. The number of ether oxygens (including phenoxy) is 1. The standard InChI is InChI=1S/C18H17ClN2O2/c1-2-8-23-12-21-11-16(13-6-4-3-5-7-13)14-9-17(19)20-10-15(14)18(21)22/h3-7,9-11H,2,8,12H2,1H3. The molecule has 2 aromatic heterocycles. The van der Waals surface area contributed by atoms with Gasteiger partial charge in [0.1, 0.15) is 11.9 Å². The third-order valence-corrected chi connectivity index (χ3v) is 3.81. The average molecular weight is 329 g/mol. The number of nitrogens with zero attached hydrogens (tertiary/aromatic N) is 2. The van der Waals surface area contributed by atoms with Crippen LogP contribution >= 0.6 is 11.6 Å². The summed E-state index contributed by atoms with van der Waals surface area (Å²) in [7, 11) is 0. The van der Waals surface area contributed by atoms with Crippen molar-refractivity contribution in [3.63, 3.8) is 0 Å². The first-order valence-corrected chi connectivity index (χ1v) is 7.90. The van der Waals surface area contributed by atoms with Gasteiger partial charge < -0.3 is 4.74 Å². The van der Waals surface area contributed by atoms with Gasteiger partial charge in [0.2, 0.25) is 0 Å². The zero-order chi connectivity index (χ0) is 16.2. The van der Waals surface area contributed by atoms with E-state index in [0.717, 1.165) is 22.9 Å². The third kappa shape index (κ3) is 3.28. The Morgan fingerprint density at radius 1 is 1.22 bits per heavy atom. The lowest BCUT2D eigenvalue weighted by Gasteiger charge is -2.13. The molecule has 23 heavy (non-hydrogen) atoms. The molecule has 0 amide bonds. The lowest BCUT2D eigenvalue weighted by Crippen LogP contribution is -2.22. The van der Waals surface area contributed by atoms with Crippen LogP contribution in [0.4, 0.5) is 0 Å². The van der Waals surface area contributed by atoms with E-state index >= 15 is 0 Å². The number of pyridine rings is 2. The summed E-state index contributed by atoms with van der Waals surface area (Å²) in [4.78, 5) is 16.7. The first kappa shape index (κ1) is 15.7. The molecule has 0 atom stereocenters. The number of hydrogen-bond donors (Lipinski definition) is 0. The fourth-order valence-electron chi connectivity index (χ4n) is 2.51. The Balaban J connectivity index is 2.21. The summed E-state index contributed by atoms with van der Waals surface area (Å²) in [6.45, 7) is 2.87. The van der Waals surface area contributed by atoms with E-state index in [1.54, 1.807) is 10.6 Å². The molecule has 2 heterocycles.